The van der Waals surface area contributed by atoms with E-state index in [1.54, 1.807) is 10.4 Å². The minimum atomic E-state index is -3.74. The summed E-state index contributed by atoms with van der Waals surface area (Å²) in [5, 5.41) is 2.81. The second kappa shape index (κ2) is 9.14. The fourth-order valence-electron chi connectivity index (χ4n) is 5.58. The van der Waals surface area contributed by atoms with Gasteiger partial charge in [-0.2, -0.15) is 4.31 Å². The lowest BCUT2D eigenvalue weighted by atomic mass is 9.65. The van der Waals surface area contributed by atoms with Gasteiger partial charge < -0.3 is 10.1 Å². The highest BCUT2D eigenvalue weighted by Gasteiger charge is 2.53. The molecule has 1 aromatic rings. The number of fused-ring (bicyclic) bond motifs is 2. The van der Waals surface area contributed by atoms with Crippen molar-refractivity contribution in [2.45, 2.75) is 83.7 Å². The number of benzene rings is 1. The molecule has 0 aromatic heterocycles. The Balaban J connectivity index is 1.71. The lowest BCUT2D eigenvalue weighted by Crippen LogP contribution is -2.37. The molecule has 1 N–H and O–H groups in total. The van der Waals surface area contributed by atoms with Crippen LogP contribution in [0, 0.1) is 10.8 Å². The molecule has 8 heteroatoms. The molecule has 1 saturated heterocycles. The number of nitrogens with zero attached hydrogens (tertiary/aromatic N) is 1. The molecule has 1 saturated carbocycles. The Morgan fingerprint density at radius 1 is 1.19 bits per heavy atom. The normalized spacial score (nSPS) is 25.0. The summed E-state index contributed by atoms with van der Waals surface area (Å²) in [5.74, 6) is -1.08. The number of carbonyl (C=O) groups is 2. The minimum Gasteiger partial charge on any atom is -0.452 e. The molecule has 1 amide bonds. The number of sulfonamides is 1. The summed E-state index contributed by atoms with van der Waals surface area (Å²) in [6.07, 6.45) is 4.28. The molecule has 1 aliphatic heterocycles. The first-order valence-corrected chi connectivity index (χ1v) is 12.9. The molecule has 1 aliphatic carbocycles. The second-order valence-corrected chi connectivity index (χ2v) is 12.3. The number of hydrogen-bond acceptors (Lipinski definition) is 5. The fourth-order valence-corrected chi connectivity index (χ4v) is 7.41. The number of hydrogen-bond donors (Lipinski definition) is 1. The molecule has 178 valence electrons. The van der Waals surface area contributed by atoms with Crippen molar-refractivity contribution in [1.82, 2.24) is 9.62 Å². The number of carbonyl (C=O) groups excluding carboxylic acids is 2. The Morgan fingerprint density at radius 2 is 1.88 bits per heavy atom. The molecule has 0 radical (unpaired) electrons. The van der Waals surface area contributed by atoms with Gasteiger partial charge in [-0.1, -0.05) is 40.7 Å². The molecule has 1 aromatic carbocycles. The summed E-state index contributed by atoms with van der Waals surface area (Å²) in [7, 11) is -3.74. The zero-order chi connectivity index (χ0) is 23.7. The van der Waals surface area contributed by atoms with Gasteiger partial charge in [-0.05, 0) is 61.1 Å². The summed E-state index contributed by atoms with van der Waals surface area (Å²) < 4.78 is 33.7. The van der Waals surface area contributed by atoms with E-state index < -0.39 is 22.6 Å². The SMILES string of the molecule is CCC(CC)NC(=O)COC(=O)c1cccc(S(=O)(=O)N2CC3(C)CC2CC(C)(C)C3)c1. The summed E-state index contributed by atoms with van der Waals surface area (Å²) in [6, 6.07) is 5.93. The molecule has 0 spiro atoms. The van der Waals surface area contributed by atoms with Crippen molar-refractivity contribution in [3.63, 3.8) is 0 Å². The Labute approximate surface area is 191 Å². The van der Waals surface area contributed by atoms with Gasteiger partial charge in [0.2, 0.25) is 10.0 Å². The van der Waals surface area contributed by atoms with Gasteiger partial charge in [-0.25, -0.2) is 13.2 Å². The molecule has 2 bridgehead atoms. The van der Waals surface area contributed by atoms with Crippen molar-refractivity contribution in [3.8, 4) is 0 Å². The van der Waals surface area contributed by atoms with Crippen LogP contribution in [0.25, 0.3) is 0 Å². The van der Waals surface area contributed by atoms with Crippen molar-refractivity contribution < 1.29 is 22.7 Å². The lowest BCUT2D eigenvalue weighted by Gasteiger charge is -2.39. The maximum absolute atomic E-state index is 13.5. The fraction of sp³-hybridized carbons (Fsp3) is 0.667. The van der Waals surface area contributed by atoms with Gasteiger partial charge in [-0.3, -0.25) is 4.79 Å². The molecule has 2 unspecified atom stereocenters. The van der Waals surface area contributed by atoms with Crippen LogP contribution in [0.5, 0.6) is 0 Å². The van der Waals surface area contributed by atoms with Crippen LogP contribution in [-0.4, -0.2) is 49.8 Å². The monoisotopic (exact) mass is 464 g/mol. The topological polar surface area (TPSA) is 92.8 Å². The quantitative estimate of drug-likeness (QED) is 0.592. The maximum Gasteiger partial charge on any atom is 0.338 e. The first kappa shape index (κ1) is 24.7. The highest BCUT2D eigenvalue weighted by atomic mass is 32.2. The maximum atomic E-state index is 13.5. The average molecular weight is 465 g/mol. The van der Waals surface area contributed by atoms with Crippen LogP contribution >= 0.6 is 0 Å². The Hall–Kier alpha value is -1.93. The van der Waals surface area contributed by atoms with Crippen molar-refractivity contribution in [3.05, 3.63) is 29.8 Å². The Bertz CT molecular complexity index is 970. The zero-order valence-corrected chi connectivity index (χ0v) is 20.6. The molecule has 7 nitrogen and oxygen atoms in total. The Kier molecular flexibility index (Phi) is 7.05. The van der Waals surface area contributed by atoms with E-state index in [-0.39, 0.29) is 39.3 Å². The van der Waals surface area contributed by atoms with E-state index >= 15 is 0 Å². The third kappa shape index (κ3) is 5.34. The van der Waals surface area contributed by atoms with Crippen LogP contribution in [0.1, 0.15) is 77.1 Å². The van der Waals surface area contributed by atoms with E-state index in [0.29, 0.717) is 6.54 Å². The number of ether oxygens (including phenoxy) is 1. The summed E-state index contributed by atoms with van der Waals surface area (Å²) >= 11 is 0. The zero-order valence-electron chi connectivity index (χ0n) is 19.8. The van der Waals surface area contributed by atoms with Gasteiger partial charge >= 0.3 is 5.97 Å². The second-order valence-electron chi connectivity index (χ2n) is 10.4. The van der Waals surface area contributed by atoms with Crippen molar-refractivity contribution in [2.24, 2.45) is 10.8 Å². The van der Waals surface area contributed by atoms with E-state index in [4.69, 9.17) is 4.74 Å². The first-order valence-electron chi connectivity index (χ1n) is 11.5. The molecule has 2 aliphatic rings. The van der Waals surface area contributed by atoms with Crippen LogP contribution in [0.2, 0.25) is 0 Å². The largest absolute Gasteiger partial charge is 0.452 e. The van der Waals surface area contributed by atoms with Crippen LogP contribution in [-0.2, 0) is 19.6 Å². The van der Waals surface area contributed by atoms with E-state index in [2.05, 4.69) is 26.1 Å². The number of rotatable bonds is 8. The van der Waals surface area contributed by atoms with E-state index in [1.165, 1.54) is 18.2 Å². The molecule has 1 heterocycles. The highest BCUT2D eigenvalue weighted by molar-refractivity contribution is 7.89. The average Bonchev–Trinajstić information content (AvgIpc) is 2.99. The standard InChI is InChI=1S/C24H36N2O5S/c1-6-18(7-2)25-21(27)14-31-22(28)17-9-8-10-20(11-17)32(29,30)26-16-24(5)13-19(26)12-23(3,4)15-24/h8-11,18-19H,6-7,12-16H2,1-5H3,(H,25,27). The summed E-state index contributed by atoms with van der Waals surface area (Å²) in [6.45, 7) is 10.6. The van der Waals surface area contributed by atoms with Crippen molar-refractivity contribution in [2.75, 3.05) is 13.2 Å². The molecular weight excluding hydrogens is 428 g/mol. The predicted octanol–water partition coefficient (Wildman–Crippen LogP) is 3.74. The third-order valence-corrected chi connectivity index (χ3v) is 8.62. The molecular formula is C24H36N2O5S. The first-order chi connectivity index (χ1) is 14.9. The van der Waals surface area contributed by atoms with Crippen molar-refractivity contribution >= 4 is 21.9 Å². The summed E-state index contributed by atoms with van der Waals surface area (Å²) in [4.78, 5) is 24.6. The molecule has 3 rings (SSSR count). The van der Waals surface area contributed by atoms with Crippen LogP contribution < -0.4 is 5.32 Å². The summed E-state index contributed by atoms with van der Waals surface area (Å²) in [5.41, 5.74) is 0.191. The number of amides is 1. The van der Waals surface area contributed by atoms with E-state index in [0.717, 1.165) is 32.1 Å². The van der Waals surface area contributed by atoms with Gasteiger partial charge in [-0.15, -0.1) is 0 Å². The predicted molar refractivity (Wildman–Crippen MR) is 123 cm³/mol. The van der Waals surface area contributed by atoms with Gasteiger partial charge in [0, 0.05) is 18.6 Å². The lowest BCUT2D eigenvalue weighted by molar-refractivity contribution is -0.125. The number of esters is 1. The van der Waals surface area contributed by atoms with Crippen LogP contribution in [0.15, 0.2) is 29.2 Å². The third-order valence-electron chi connectivity index (χ3n) is 6.73. The van der Waals surface area contributed by atoms with Crippen LogP contribution in [0.3, 0.4) is 0 Å². The van der Waals surface area contributed by atoms with Gasteiger partial charge in [0.1, 0.15) is 0 Å². The minimum absolute atomic E-state index is 0.0295. The van der Waals surface area contributed by atoms with Crippen molar-refractivity contribution in [1.29, 1.82) is 0 Å². The number of nitrogens with one attached hydrogen (secondary N) is 1. The van der Waals surface area contributed by atoms with E-state index in [1.807, 2.05) is 13.8 Å². The van der Waals surface area contributed by atoms with Crippen LogP contribution in [0.4, 0.5) is 0 Å². The van der Waals surface area contributed by atoms with Gasteiger partial charge in [0.15, 0.2) is 6.61 Å². The van der Waals surface area contributed by atoms with Gasteiger partial charge in [0.05, 0.1) is 10.5 Å². The highest BCUT2D eigenvalue weighted by Crippen LogP contribution is 2.53. The van der Waals surface area contributed by atoms with E-state index in [9.17, 15) is 18.0 Å². The molecule has 2 atom stereocenters. The molecule has 2 fully saturated rings. The molecule has 32 heavy (non-hydrogen) atoms. The smallest absolute Gasteiger partial charge is 0.338 e. The van der Waals surface area contributed by atoms with Gasteiger partial charge in [0.25, 0.3) is 5.91 Å². The Morgan fingerprint density at radius 3 is 2.53 bits per heavy atom.